The number of aromatic nitrogens is 10. The highest BCUT2D eigenvalue weighted by molar-refractivity contribution is 5.80. The molecule has 0 radical (unpaired) electrons. The lowest BCUT2D eigenvalue weighted by atomic mass is 9.88. The van der Waals surface area contributed by atoms with Crippen molar-refractivity contribution >= 4 is 22.1 Å². The van der Waals surface area contributed by atoms with E-state index in [1.165, 1.54) is 56.3 Å². The van der Waals surface area contributed by atoms with Gasteiger partial charge in [-0.25, -0.2) is 57.0 Å². The van der Waals surface area contributed by atoms with Crippen LogP contribution in [0.2, 0.25) is 0 Å². The Balaban J connectivity index is 1.12. The van der Waals surface area contributed by atoms with Crippen LogP contribution >= 0.6 is 0 Å². The van der Waals surface area contributed by atoms with Crippen molar-refractivity contribution in [3.05, 3.63) is 152 Å². The first-order chi connectivity index (χ1) is 31.8. The maximum atomic E-state index is 14.6. The van der Waals surface area contributed by atoms with E-state index in [9.17, 15) is 33.9 Å². The van der Waals surface area contributed by atoms with Crippen molar-refractivity contribution in [3.63, 3.8) is 0 Å². The third kappa shape index (κ3) is 6.59. The van der Waals surface area contributed by atoms with Gasteiger partial charge in [-0.3, -0.25) is 9.59 Å². The Hall–Kier alpha value is -8.10. The largest absolute Gasteiger partial charge is 0.507 e. The molecule has 2 atom stereocenters. The maximum absolute atomic E-state index is 14.6. The average Bonchev–Trinajstić information content (AvgIpc) is 3.71. The second kappa shape index (κ2) is 16.5. The lowest BCUT2D eigenvalue weighted by Gasteiger charge is -2.38. The van der Waals surface area contributed by atoms with E-state index >= 15 is 0 Å². The minimum Gasteiger partial charge on any atom is -0.507 e. The number of fused-ring (bicyclic) bond motifs is 6. The molecule has 21 nitrogen and oxygen atoms in total. The summed E-state index contributed by atoms with van der Waals surface area (Å²) in [6.07, 6.45) is 3.46. The number of nitrogens with zero attached hydrogens (tertiary/aromatic N) is 10. The number of allylic oxidation sites excluding steroid dienone is 3. The molecule has 342 valence electrons. The van der Waals surface area contributed by atoms with Gasteiger partial charge < -0.3 is 33.2 Å². The molecule has 6 heterocycles. The highest BCUT2D eigenvalue weighted by Crippen LogP contribution is 2.42. The van der Waals surface area contributed by atoms with Gasteiger partial charge in [0.05, 0.1) is 69.6 Å². The van der Waals surface area contributed by atoms with Gasteiger partial charge in [-0.2, -0.15) is 0 Å². The van der Waals surface area contributed by atoms with Crippen LogP contribution in [0.5, 0.6) is 28.7 Å². The van der Waals surface area contributed by atoms with Crippen molar-refractivity contribution in [1.29, 1.82) is 0 Å². The number of rotatable bonds is 13. The monoisotopic (exact) mass is 902 g/mol. The van der Waals surface area contributed by atoms with Crippen LogP contribution in [-0.2, 0) is 59.5 Å². The zero-order chi connectivity index (χ0) is 46.9. The number of para-hydroxylation sites is 1. The Morgan fingerprint density at radius 2 is 1.20 bits per heavy atom. The fraction of sp³-hybridized carbons (Fsp3) is 0.333. The quantitative estimate of drug-likeness (QED) is 0.161. The average molecular weight is 903 g/mol. The van der Waals surface area contributed by atoms with E-state index in [0.717, 1.165) is 9.13 Å². The molecule has 0 aliphatic carbocycles. The van der Waals surface area contributed by atoms with Crippen LogP contribution in [0, 0.1) is 0 Å². The summed E-state index contributed by atoms with van der Waals surface area (Å²) in [5.74, 6) is 1.49. The molecule has 7 aromatic rings. The Kier molecular flexibility index (Phi) is 10.8. The summed E-state index contributed by atoms with van der Waals surface area (Å²) in [6.45, 7) is 3.04. The molecule has 0 saturated carbocycles. The number of hydrogen-bond donors (Lipinski definition) is 1. The summed E-state index contributed by atoms with van der Waals surface area (Å²) in [5.41, 5.74) is -0.374. The van der Waals surface area contributed by atoms with Gasteiger partial charge >= 0.3 is 22.8 Å². The van der Waals surface area contributed by atoms with Gasteiger partial charge in [-0.05, 0) is 17.6 Å². The number of methoxy groups -OCH3 is 4. The number of phenolic OH excluding ortho intramolecular Hbond substituents is 1. The van der Waals surface area contributed by atoms with Gasteiger partial charge in [0.2, 0.25) is 0 Å². The zero-order valence-corrected chi connectivity index (χ0v) is 37.0. The number of phenols is 1. The Morgan fingerprint density at radius 1 is 0.697 bits per heavy atom. The first-order valence-corrected chi connectivity index (χ1v) is 21.0. The molecule has 4 aromatic heterocycles. The van der Waals surface area contributed by atoms with Crippen molar-refractivity contribution < 1.29 is 24.1 Å². The molecule has 2 aliphatic rings. The predicted molar refractivity (Wildman–Crippen MR) is 241 cm³/mol. The fourth-order valence-electron chi connectivity index (χ4n) is 9.25. The van der Waals surface area contributed by atoms with Crippen LogP contribution in [0.3, 0.4) is 0 Å². The van der Waals surface area contributed by atoms with Crippen LogP contribution in [0.4, 0.5) is 0 Å². The molecule has 1 N–H and O–H groups in total. The topological polar surface area (TPSA) is 225 Å². The first kappa shape index (κ1) is 43.2. The number of aromatic hydroxyl groups is 1. The molecular weight excluding hydrogens is 857 g/mol. The molecule has 2 unspecified atom stereocenters. The minimum atomic E-state index is -1.11. The smallest absolute Gasteiger partial charge is 0.348 e. The lowest BCUT2D eigenvalue weighted by molar-refractivity contribution is 0.243. The number of hydrogen-bond acceptors (Lipinski definition) is 13. The third-order valence-electron chi connectivity index (χ3n) is 12.6. The maximum Gasteiger partial charge on any atom is 0.348 e. The number of ether oxygens (including phenoxy) is 4. The number of benzene rings is 3. The second-order valence-electron chi connectivity index (χ2n) is 16.0. The molecular formula is C45H46N10O11. The Labute approximate surface area is 373 Å². The van der Waals surface area contributed by atoms with Crippen LogP contribution in [0.1, 0.15) is 34.6 Å². The number of aryl methyl sites for hydroxylation is 4. The molecule has 0 bridgehead atoms. The van der Waals surface area contributed by atoms with E-state index in [1.54, 1.807) is 68.7 Å². The summed E-state index contributed by atoms with van der Waals surface area (Å²) in [5, 5.41) is 11.7. The van der Waals surface area contributed by atoms with Crippen molar-refractivity contribution in [2.75, 3.05) is 28.4 Å². The van der Waals surface area contributed by atoms with E-state index in [1.807, 2.05) is 0 Å². The van der Waals surface area contributed by atoms with E-state index in [0.29, 0.717) is 62.6 Å². The highest BCUT2D eigenvalue weighted by Gasteiger charge is 2.42. The van der Waals surface area contributed by atoms with Crippen molar-refractivity contribution in [2.45, 2.75) is 57.5 Å². The first-order valence-electron chi connectivity index (χ1n) is 21.0. The summed E-state index contributed by atoms with van der Waals surface area (Å²) in [4.78, 5) is 94.0. The molecule has 2 aliphatic heterocycles. The molecule has 9 rings (SSSR count). The van der Waals surface area contributed by atoms with Gasteiger partial charge in [0, 0.05) is 69.9 Å². The third-order valence-corrected chi connectivity index (χ3v) is 12.6. The molecule has 66 heavy (non-hydrogen) atoms. The molecule has 21 heteroatoms. The van der Waals surface area contributed by atoms with E-state index in [-0.39, 0.29) is 61.7 Å². The fourth-order valence-corrected chi connectivity index (χ4v) is 9.25. The van der Waals surface area contributed by atoms with Gasteiger partial charge in [0.25, 0.3) is 11.1 Å². The van der Waals surface area contributed by atoms with Crippen LogP contribution < -0.4 is 52.8 Å². The van der Waals surface area contributed by atoms with Gasteiger partial charge in [-0.15, -0.1) is 6.58 Å². The van der Waals surface area contributed by atoms with Crippen LogP contribution in [0.25, 0.3) is 22.1 Å². The summed E-state index contributed by atoms with van der Waals surface area (Å²) < 4.78 is 31.5. The van der Waals surface area contributed by atoms with Crippen LogP contribution in [0.15, 0.2) is 95.5 Å². The second-order valence-corrected chi connectivity index (χ2v) is 16.0. The lowest BCUT2D eigenvalue weighted by Crippen LogP contribution is -2.47. The van der Waals surface area contributed by atoms with E-state index in [2.05, 4.69) is 16.5 Å². The van der Waals surface area contributed by atoms with Gasteiger partial charge in [0.1, 0.15) is 23.2 Å². The normalized spacial score (nSPS) is 15.3. The van der Waals surface area contributed by atoms with Crippen molar-refractivity contribution in [2.24, 2.45) is 14.1 Å². The SMILES string of the molecule is C=CCc1cccc(C2C3=CCn4c(=O)n(CCc5nc6cc(OC)c(OC)cc6n(C)c5=O)c(=O)n4C3Cn3c(=O)n(CCc4nc5cc(OC)c(OC)cc5n(C)c4=O)c(=O)n32)c1O. The Bertz CT molecular complexity index is 3580. The van der Waals surface area contributed by atoms with Crippen molar-refractivity contribution in [1.82, 2.24) is 47.0 Å². The standard InChI is InChI=1S/C45H46N10O11/c1-8-10-24-11-9-12-26(39(24)56)38-25-13-18-52-42(59)50(16-14-27-40(57)48(2)31-21-36(65-6)34(63-4)19-29(31)46-27)44(61)54(52)33(25)23-53-43(60)51(45(62)55(38)53)17-15-28-41(58)49(3)32-22-37(66-7)35(64-5)20-30(32)47-28/h8-9,11-13,19-22,33,38,56H,1,10,14-18,23H2,2-7H3. The van der Waals surface area contributed by atoms with Crippen molar-refractivity contribution in [3.8, 4) is 28.7 Å². The minimum absolute atomic E-state index is 0.0770. The predicted octanol–water partition coefficient (Wildman–Crippen LogP) is 1.17. The zero-order valence-electron chi connectivity index (χ0n) is 37.0. The molecule has 0 amide bonds. The molecule has 0 spiro atoms. The summed E-state index contributed by atoms with van der Waals surface area (Å²) in [6, 6.07) is 9.53. The highest BCUT2D eigenvalue weighted by atomic mass is 16.5. The van der Waals surface area contributed by atoms with Gasteiger partial charge in [0.15, 0.2) is 23.0 Å². The van der Waals surface area contributed by atoms with Crippen LogP contribution in [-0.4, -0.2) is 80.5 Å². The summed E-state index contributed by atoms with van der Waals surface area (Å²) >= 11 is 0. The summed E-state index contributed by atoms with van der Waals surface area (Å²) in [7, 11) is 9.09. The Morgan fingerprint density at radius 3 is 1.71 bits per heavy atom. The molecule has 0 saturated heterocycles. The molecule has 0 fully saturated rings. The van der Waals surface area contributed by atoms with E-state index in [4.69, 9.17) is 18.9 Å². The van der Waals surface area contributed by atoms with Gasteiger partial charge in [-0.1, -0.05) is 30.4 Å². The van der Waals surface area contributed by atoms with E-state index < -0.39 is 46.0 Å². The molecule has 3 aromatic carbocycles.